The summed E-state index contributed by atoms with van der Waals surface area (Å²) in [4.78, 5) is 17.4. The molecule has 0 saturated heterocycles. The molecular formula is C28H22ClN3O2S. The number of hydrogen-bond acceptors (Lipinski definition) is 5. The summed E-state index contributed by atoms with van der Waals surface area (Å²) in [6.45, 7) is 0. The highest BCUT2D eigenvalue weighted by Crippen LogP contribution is 2.34. The van der Waals surface area contributed by atoms with Gasteiger partial charge in [-0.15, -0.1) is 11.8 Å². The van der Waals surface area contributed by atoms with Gasteiger partial charge in [-0.3, -0.25) is 4.79 Å². The van der Waals surface area contributed by atoms with Gasteiger partial charge in [-0.25, -0.2) is 4.98 Å². The number of halogens is 1. The van der Waals surface area contributed by atoms with E-state index < -0.39 is 0 Å². The molecule has 0 bridgehead atoms. The van der Waals surface area contributed by atoms with Gasteiger partial charge in [0.05, 0.1) is 24.1 Å². The van der Waals surface area contributed by atoms with Crippen LogP contribution in [0.3, 0.4) is 0 Å². The maximum atomic E-state index is 12.6. The SMILES string of the molecule is COc1ccc(Cl)cc1NC(=O)CCSc1nc(-c2ccccc2)cc(-c2ccccc2)c1C#N. The van der Waals surface area contributed by atoms with Crippen molar-refractivity contribution in [2.45, 2.75) is 11.4 Å². The Labute approximate surface area is 213 Å². The quantitative estimate of drug-likeness (QED) is 0.262. The fourth-order valence-electron chi connectivity index (χ4n) is 3.57. The minimum Gasteiger partial charge on any atom is -0.495 e. The molecule has 3 aromatic carbocycles. The number of benzene rings is 3. The molecule has 0 unspecified atom stereocenters. The fraction of sp³-hybridized carbons (Fsp3) is 0.107. The number of anilines is 1. The molecule has 1 amide bonds. The molecule has 1 N–H and O–H groups in total. The Morgan fingerprint density at radius 1 is 1.03 bits per heavy atom. The molecule has 4 rings (SSSR count). The topological polar surface area (TPSA) is 75.0 Å². The lowest BCUT2D eigenvalue weighted by Crippen LogP contribution is -2.13. The monoisotopic (exact) mass is 499 g/mol. The third-order valence-electron chi connectivity index (χ3n) is 5.26. The first-order chi connectivity index (χ1) is 17.1. The van der Waals surface area contributed by atoms with Gasteiger partial charge in [-0.2, -0.15) is 5.26 Å². The van der Waals surface area contributed by atoms with E-state index in [1.807, 2.05) is 66.7 Å². The number of rotatable bonds is 8. The Morgan fingerprint density at radius 2 is 1.71 bits per heavy atom. The van der Waals surface area contributed by atoms with Crippen LogP contribution in [0.2, 0.25) is 5.02 Å². The van der Waals surface area contributed by atoms with E-state index in [4.69, 9.17) is 21.3 Å². The number of amides is 1. The average Bonchev–Trinajstić information content (AvgIpc) is 2.89. The van der Waals surface area contributed by atoms with Crippen LogP contribution in [-0.2, 0) is 4.79 Å². The van der Waals surface area contributed by atoms with Crippen LogP contribution in [0.1, 0.15) is 12.0 Å². The van der Waals surface area contributed by atoms with Crippen LogP contribution in [0.25, 0.3) is 22.4 Å². The Kier molecular flexibility index (Phi) is 8.04. The second kappa shape index (κ2) is 11.6. The zero-order chi connectivity index (χ0) is 24.6. The molecule has 0 fully saturated rings. The summed E-state index contributed by atoms with van der Waals surface area (Å²) >= 11 is 7.45. The fourth-order valence-corrected chi connectivity index (χ4v) is 4.68. The van der Waals surface area contributed by atoms with Gasteiger partial charge in [0.2, 0.25) is 5.91 Å². The van der Waals surface area contributed by atoms with Crippen LogP contribution in [0.15, 0.2) is 90.0 Å². The first-order valence-electron chi connectivity index (χ1n) is 10.9. The molecular weight excluding hydrogens is 478 g/mol. The lowest BCUT2D eigenvalue weighted by molar-refractivity contribution is -0.115. The van der Waals surface area contributed by atoms with Gasteiger partial charge >= 0.3 is 0 Å². The zero-order valence-corrected chi connectivity index (χ0v) is 20.6. The maximum Gasteiger partial charge on any atom is 0.225 e. The molecule has 0 radical (unpaired) electrons. The van der Waals surface area contributed by atoms with E-state index in [0.29, 0.717) is 32.8 Å². The first-order valence-corrected chi connectivity index (χ1v) is 12.3. The van der Waals surface area contributed by atoms with Crippen molar-refractivity contribution in [3.05, 3.63) is 95.5 Å². The Bertz CT molecular complexity index is 1370. The van der Waals surface area contributed by atoms with Gasteiger partial charge in [0, 0.05) is 28.3 Å². The highest BCUT2D eigenvalue weighted by molar-refractivity contribution is 7.99. The molecule has 7 heteroatoms. The van der Waals surface area contributed by atoms with Crippen molar-refractivity contribution in [3.8, 4) is 34.2 Å². The third-order valence-corrected chi connectivity index (χ3v) is 6.47. The van der Waals surface area contributed by atoms with Crippen LogP contribution in [0, 0.1) is 11.3 Å². The van der Waals surface area contributed by atoms with Crippen molar-refractivity contribution >= 4 is 35.0 Å². The molecule has 0 atom stereocenters. The number of hydrogen-bond donors (Lipinski definition) is 1. The number of carbonyl (C=O) groups is 1. The van der Waals surface area contributed by atoms with E-state index in [9.17, 15) is 10.1 Å². The number of nitrogens with zero attached hydrogens (tertiary/aromatic N) is 2. The van der Waals surface area contributed by atoms with E-state index in [1.54, 1.807) is 18.2 Å². The summed E-state index contributed by atoms with van der Waals surface area (Å²) in [5, 5.41) is 13.9. The Hall–Kier alpha value is -3.79. The third kappa shape index (κ3) is 6.02. The summed E-state index contributed by atoms with van der Waals surface area (Å²) < 4.78 is 5.29. The lowest BCUT2D eigenvalue weighted by Gasteiger charge is -2.13. The van der Waals surface area contributed by atoms with E-state index in [1.165, 1.54) is 18.9 Å². The summed E-state index contributed by atoms with van der Waals surface area (Å²) in [5.41, 5.74) is 4.51. The molecule has 0 aliphatic heterocycles. The van der Waals surface area contributed by atoms with Gasteiger partial charge in [0.15, 0.2) is 0 Å². The molecule has 0 aliphatic carbocycles. The maximum absolute atomic E-state index is 12.6. The molecule has 35 heavy (non-hydrogen) atoms. The predicted molar refractivity (Wildman–Crippen MR) is 142 cm³/mol. The predicted octanol–water partition coefficient (Wildman–Crippen LogP) is 7.07. The lowest BCUT2D eigenvalue weighted by atomic mass is 9.99. The summed E-state index contributed by atoms with van der Waals surface area (Å²) in [7, 11) is 1.54. The van der Waals surface area contributed by atoms with E-state index >= 15 is 0 Å². The Balaban J connectivity index is 1.58. The standard InChI is InChI=1S/C28H22ClN3O2S/c1-34-26-13-12-21(29)16-25(26)31-27(33)14-15-35-28-23(18-30)22(19-8-4-2-5-9-19)17-24(32-28)20-10-6-3-7-11-20/h2-13,16-17H,14-15H2,1H3,(H,31,33). The number of aromatic nitrogens is 1. The highest BCUT2D eigenvalue weighted by Gasteiger charge is 2.16. The number of methoxy groups -OCH3 is 1. The number of pyridine rings is 1. The number of nitriles is 1. The molecule has 1 heterocycles. The second-order valence-electron chi connectivity index (χ2n) is 7.57. The van der Waals surface area contributed by atoms with Crippen molar-refractivity contribution in [1.29, 1.82) is 5.26 Å². The van der Waals surface area contributed by atoms with Gasteiger partial charge in [-0.1, -0.05) is 72.3 Å². The van der Waals surface area contributed by atoms with Crippen LogP contribution in [0.4, 0.5) is 5.69 Å². The van der Waals surface area contributed by atoms with Crippen LogP contribution < -0.4 is 10.1 Å². The van der Waals surface area contributed by atoms with Crippen LogP contribution in [0.5, 0.6) is 5.75 Å². The minimum absolute atomic E-state index is 0.181. The van der Waals surface area contributed by atoms with Crippen molar-refractivity contribution in [3.63, 3.8) is 0 Å². The largest absolute Gasteiger partial charge is 0.495 e. The van der Waals surface area contributed by atoms with Gasteiger partial charge in [0.25, 0.3) is 0 Å². The smallest absolute Gasteiger partial charge is 0.225 e. The van der Waals surface area contributed by atoms with Gasteiger partial charge in [-0.05, 0) is 29.8 Å². The van der Waals surface area contributed by atoms with E-state index in [2.05, 4.69) is 11.4 Å². The molecule has 0 spiro atoms. The van der Waals surface area contributed by atoms with Crippen molar-refractivity contribution < 1.29 is 9.53 Å². The van der Waals surface area contributed by atoms with Crippen molar-refractivity contribution in [2.75, 3.05) is 18.2 Å². The number of carbonyl (C=O) groups excluding carboxylic acids is 1. The Morgan fingerprint density at radius 3 is 2.37 bits per heavy atom. The van der Waals surface area contributed by atoms with Crippen molar-refractivity contribution in [1.82, 2.24) is 4.98 Å². The van der Waals surface area contributed by atoms with Crippen molar-refractivity contribution in [2.24, 2.45) is 0 Å². The van der Waals surface area contributed by atoms with E-state index in [-0.39, 0.29) is 12.3 Å². The second-order valence-corrected chi connectivity index (χ2v) is 9.09. The summed E-state index contributed by atoms with van der Waals surface area (Å²) in [5.74, 6) is 0.800. The summed E-state index contributed by atoms with van der Waals surface area (Å²) in [6.07, 6.45) is 0.225. The molecule has 5 nitrogen and oxygen atoms in total. The number of thioether (sulfide) groups is 1. The van der Waals surface area contributed by atoms with Gasteiger partial charge in [0.1, 0.15) is 16.8 Å². The number of nitrogens with one attached hydrogen (secondary N) is 1. The normalized spacial score (nSPS) is 10.4. The average molecular weight is 500 g/mol. The van der Waals surface area contributed by atoms with E-state index in [0.717, 1.165) is 22.4 Å². The molecule has 0 saturated carbocycles. The number of ether oxygens (including phenoxy) is 1. The minimum atomic E-state index is -0.181. The molecule has 4 aromatic rings. The highest BCUT2D eigenvalue weighted by atomic mass is 35.5. The molecule has 1 aromatic heterocycles. The van der Waals surface area contributed by atoms with Crippen LogP contribution in [-0.4, -0.2) is 23.8 Å². The zero-order valence-electron chi connectivity index (χ0n) is 19.0. The molecule has 0 aliphatic rings. The first kappa shape index (κ1) is 24.3. The van der Waals surface area contributed by atoms with Gasteiger partial charge < -0.3 is 10.1 Å². The molecule has 174 valence electrons. The van der Waals surface area contributed by atoms with Crippen LogP contribution >= 0.6 is 23.4 Å². The summed E-state index contributed by atoms with van der Waals surface area (Å²) in [6, 6.07) is 29.0.